The summed E-state index contributed by atoms with van der Waals surface area (Å²) in [6.45, 7) is 3.95. The molecule has 0 spiro atoms. The number of halogens is 1. The Labute approximate surface area is 180 Å². The molecule has 0 bridgehead atoms. The first-order valence-electron chi connectivity index (χ1n) is 9.78. The van der Waals surface area contributed by atoms with E-state index in [0.717, 1.165) is 28.6 Å². The van der Waals surface area contributed by atoms with Crippen molar-refractivity contribution in [1.82, 2.24) is 4.90 Å². The van der Waals surface area contributed by atoms with E-state index in [2.05, 4.69) is 4.90 Å². The Morgan fingerprint density at radius 1 is 1.03 bits per heavy atom. The van der Waals surface area contributed by atoms with Crippen LogP contribution in [-0.2, 0) is 13.1 Å². The second-order valence-corrected chi connectivity index (χ2v) is 7.72. The Kier molecular flexibility index (Phi) is 6.47. The van der Waals surface area contributed by atoms with Gasteiger partial charge in [-0.05, 0) is 61.0 Å². The lowest BCUT2D eigenvalue weighted by atomic mass is 10.1. The van der Waals surface area contributed by atoms with E-state index >= 15 is 0 Å². The third kappa shape index (κ3) is 5.48. The summed E-state index contributed by atoms with van der Waals surface area (Å²) in [6, 6.07) is 16.9. The maximum absolute atomic E-state index is 10.6. The van der Waals surface area contributed by atoms with Crippen molar-refractivity contribution in [3.63, 3.8) is 0 Å². The minimum absolute atomic E-state index is 0.177. The van der Waals surface area contributed by atoms with Crippen LogP contribution in [0.2, 0.25) is 5.02 Å². The number of nitrogens with zero attached hydrogens (tertiary/aromatic N) is 1. The van der Waals surface area contributed by atoms with Crippen LogP contribution in [0.4, 0.5) is 0 Å². The van der Waals surface area contributed by atoms with Gasteiger partial charge in [-0.3, -0.25) is 4.90 Å². The van der Waals surface area contributed by atoms with Crippen molar-refractivity contribution in [3.05, 3.63) is 76.7 Å². The lowest BCUT2D eigenvalue weighted by Gasteiger charge is -2.24. The predicted molar refractivity (Wildman–Crippen MR) is 113 cm³/mol. The minimum atomic E-state index is -0.675. The highest BCUT2D eigenvalue weighted by Crippen LogP contribution is 2.33. The number of aliphatic hydroxyl groups excluding tert-OH is 1. The van der Waals surface area contributed by atoms with E-state index in [9.17, 15) is 5.11 Å². The van der Waals surface area contributed by atoms with E-state index in [0.29, 0.717) is 30.4 Å². The lowest BCUT2D eigenvalue weighted by molar-refractivity contribution is 0.0603. The predicted octanol–water partition coefficient (Wildman–Crippen LogP) is 4.41. The molecule has 1 atom stereocenters. The maximum Gasteiger partial charge on any atom is 0.231 e. The fraction of sp³-hybridized carbons (Fsp3) is 0.304. The molecule has 1 aromatic heterocycles. The van der Waals surface area contributed by atoms with Crippen LogP contribution in [-0.4, -0.2) is 36.1 Å². The number of fused-ring (bicyclic) bond motifs is 1. The first kappa shape index (κ1) is 20.6. The molecule has 30 heavy (non-hydrogen) atoms. The molecule has 1 N–H and O–H groups in total. The van der Waals surface area contributed by atoms with Crippen LogP contribution >= 0.6 is 11.6 Å². The molecule has 0 saturated carbocycles. The summed E-state index contributed by atoms with van der Waals surface area (Å²) in [5.74, 6) is 3.87. The topological polar surface area (TPSA) is 64.3 Å². The first-order chi connectivity index (χ1) is 14.5. The average Bonchev–Trinajstić information content (AvgIpc) is 3.35. The number of ether oxygens (including phenoxy) is 3. The van der Waals surface area contributed by atoms with Crippen molar-refractivity contribution >= 4 is 11.6 Å². The van der Waals surface area contributed by atoms with Gasteiger partial charge in [-0.25, -0.2) is 0 Å². The molecule has 2 heterocycles. The van der Waals surface area contributed by atoms with Gasteiger partial charge in [0.15, 0.2) is 11.5 Å². The molecule has 0 fully saturated rings. The molecular formula is C23H24ClNO5. The molecule has 0 saturated heterocycles. The maximum atomic E-state index is 10.6. The fourth-order valence-electron chi connectivity index (χ4n) is 3.35. The lowest BCUT2D eigenvalue weighted by Crippen LogP contribution is -2.35. The molecule has 4 rings (SSSR count). The number of furan rings is 1. The van der Waals surface area contributed by atoms with Crippen LogP contribution in [0.1, 0.15) is 17.1 Å². The summed E-state index contributed by atoms with van der Waals surface area (Å²) in [7, 11) is 0. The van der Waals surface area contributed by atoms with Crippen molar-refractivity contribution < 1.29 is 23.7 Å². The standard InChI is InChI=1S/C23H24ClNO5/c1-16-2-6-21(30-16)13-25(11-17-3-9-22-23(10-17)29-15-28-22)12-19(26)14-27-20-7-4-18(24)5-8-20/h2-10,19,26H,11-15H2,1H3. The number of hydrogen-bond donors (Lipinski definition) is 1. The number of benzene rings is 2. The van der Waals surface area contributed by atoms with Crippen LogP contribution < -0.4 is 14.2 Å². The Balaban J connectivity index is 1.40. The Hall–Kier alpha value is -2.67. The van der Waals surface area contributed by atoms with Crippen LogP contribution in [0.25, 0.3) is 0 Å². The number of aliphatic hydroxyl groups is 1. The van der Waals surface area contributed by atoms with Gasteiger partial charge in [0.05, 0.1) is 6.54 Å². The third-order valence-electron chi connectivity index (χ3n) is 4.74. The van der Waals surface area contributed by atoms with Crippen molar-refractivity contribution in [1.29, 1.82) is 0 Å². The molecule has 6 nitrogen and oxygen atoms in total. The van der Waals surface area contributed by atoms with E-state index in [1.165, 1.54) is 0 Å². The van der Waals surface area contributed by atoms with Crippen molar-refractivity contribution in [2.75, 3.05) is 19.9 Å². The van der Waals surface area contributed by atoms with Crippen LogP contribution in [0.3, 0.4) is 0 Å². The number of aryl methyl sites for hydroxylation is 1. The normalized spacial score (nSPS) is 13.6. The van der Waals surface area contributed by atoms with Crippen molar-refractivity contribution in [3.8, 4) is 17.2 Å². The van der Waals surface area contributed by atoms with Gasteiger partial charge in [0.2, 0.25) is 6.79 Å². The molecule has 1 aliphatic heterocycles. The highest BCUT2D eigenvalue weighted by atomic mass is 35.5. The average molecular weight is 430 g/mol. The Morgan fingerprint density at radius 2 is 1.83 bits per heavy atom. The molecule has 2 aromatic carbocycles. The van der Waals surface area contributed by atoms with E-state index in [4.69, 9.17) is 30.2 Å². The summed E-state index contributed by atoms with van der Waals surface area (Å²) in [5, 5.41) is 11.2. The summed E-state index contributed by atoms with van der Waals surface area (Å²) in [4.78, 5) is 2.12. The van der Waals surface area contributed by atoms with Gasteiger partial charge < -0.3 is 23.7 Å². The van der Waals surface area contributed by atoms with E-state index in [1.54, 1.807) is 24.3 Å². The fourth-order valence-corrected chi connectivity index (χ4v) is 3.47. The van der Waals surface area contributed by atoms with E-state index < -0.39 is 6.10 Å². The van der Waals surface area contributed by atoms with Gasteiger partial charge >= 0.3 is 0 Å². The van der Waals surface area contributed by atoms with Gasteiger partial charge in [-0.2, -0.15) is 0 Å². The monoisotopic (exact) mass is 429 g/mol. The second-order valence-electron chi connectivity index (χ2n) is 7.29. The van der Waals surface area contributed by atoms with Crippen LogP contribution in [0, 0.1) is 6.92 Å². The SMILES string of the molecule is Cc1ccc(CN(Cc2ccc3c(c2)OCO3)CC(O)COc2ccc(Cl)cc2)o1. The molecule has 0 radical (unpaired) electrons. The Bertz CT molecular complexity index is 972. The molecule has 1 aliphatic rings. The van der Waals surface area contributed by atoms with Crippen LogP contribution in [0.5, 0.6) is 17.2 Å². The molecule has 0 amide bonds. The first-order valence-corrected chi connectivity index (χ1v) is 10.2. The molecule has 158 valence electrons. The van der Waals surface area contributed by atoms with Gasteiger partial charge in [-0.1, -0.05) is 17.7 Å². The van der Waals surface area contributed by atoms with Gasteiger partial charge in [0, 0.05) is 18.1 Å². The Morgan fingerprint density at radius 3 is 2.60 bits per heavy atom. The third-order valence-corrected chi connectivity index (χ3v) is 5.00. The second kappa shape index (κ2) is 9.43. The van der Waals surface area contributed by atoms with Crippen molar-refractivity contribution in [2.45, 2.75) is 26.1 Å². The largest absolute Gasteiger partial charge is 0.491 e. The molecule has 3 aromatic rings. The zero-order chi connectivity index (χ0) is 20.9. The van der Waals surface area contributed by atoms with E-state index in [-0.39, 0.29) is 13.4 Å². The highest BCUT2D eigenvalue weighted by molar-refractivity contribution is 6.30. The highest BCUT2D eigenvalue weighted by Gasteiger charge is 2.18. The summed E-state index contributed by atoms with van der Waals surface area (Å²) >= 11 is 5.90. The summed E-state index contributed by atoms with van der Waals surface area (Å²) in [5.41, 5.74) is 1.06. The zero-order valence-electron chi connectivity index (χ0n) is 16.7. The zero-order valence-corrected chi connectivity index (χ0v) is 17.5. The quantitative estimate of drug-likeness (QED) is 0.543. The number of rotatable bonds is 9. The molecule has 0 aliphatic carbocycles. The molecule has 7 heteroatoms. The summed E-state index contributed by atoms with van der Waals surface area (Å²) < 4.78 is 22.3. The van der Waals surface area contributed by atoms with Gasteiger partial charge in [0.1, 0.15) is 30.0 Å². The number of hydrogen-bond acceptors (Lipinski definition) is 6. The van der Waals surface area contributed by atoms with Gasteiger partial charge in [0.25, 0.3) is 0 Å². The van der Waals surface area contributed by atoms with Crippen molar-refractivity contribution in [2.24, 2.45) is 0 Å². The smallest absolute Gasteiger partial charge is 0.231 e. The van der Waals surface area contributed by atoms with E-state index in [1.807, 2.05) is 37.3 Å². The minimum Gasteiger partial charge on any atom is -0.491 e. The molecule has 1 unspecified atom stereocenters. The van der Waals surface area contributed by atoms with Gasteiger partial charge in [-0.15, -0.1) is 0 Å². The van der Waals surface area contributed by atoms with Crippen LogP contribution in [0.15, 0.2) is 59.0 Å². The summed E-state index contributed by atoms with van der Waals surface area (Å²) in [6.07, 6.45) is -0.675. The molecular weight excluding hydrogens is 406 g/mol.